The average Bonchev–Trinajstić information content (AvgIpc) is 2.91. The Hall–Kier alpha value is -1.17. The van der Waals surface area contributed by atoms with Crippen molar-refractivity contribution in [3.63, 3.8) is 0 Å². The number of hydrogen-bond acceptors (Lipinski definition) is 4. The van der Waals surface area contributed by atoms with Crippen LogP contribution in [0, 0.1) is 0 Å². The third-order valence-electron chi connectivity index (χ3n) is 3.89. The van der Waals surface area contributed by atoms with E-state index in [4.69, 9.17) is 21.1 Å². The Labute approximate surface area is 136 Å². The van der Waals surface area contributed by atoms with Crippen LogP contribution in [0.1, 0.15) is 47.0 Å². The number of nitrogens with zero attached hydrogens (tertiary/aromatic N) is 3. The van der Waals surface area contributed by atoms with E-state index >= 15 is 0 Å². The first-order valence-corrected chi connectivity index (χ1v) is 7.94. The number of methoxy groups -OCH3 is 1. The van der Waals surface area contributed by atoms with Gasteiger partial charge < -0.3 is 14.0 Å². The third kappa shape index (κ3) is 3.42. The summed E-state index contributed by atoms with van der Waals surface area (Å²) in [7, 11) is 1.65. The van der Waals surface area contributed by atoms with E-state index in [-0.39, 0.29) is 0 Å². The first kappa shape index (κ1) is 17.2. The van der Waals surface area contributed by atoms with Gasteiger partial charge in [0.2, 0.25) is 0 Å². The van der Waals surface area contributed by atoms with Crippen LogP contribution in [-0.2, 0) is 15.2 Å². The molecule has 0 amide bonds. The van der Waals surface area contributed by atoms with Crippen LogP contribution in [0.25, 0.3) is 11.0 Å². The summed E-state index contributed by atoms with van der Waals surface area (Å²) in [6.45, 7) is 8.03. The average molecular weight is 326 g/mol. The van der Waals surface area contributed by atoms with Crippen molar-refractivity contribution in [2.75, 3.05) is 7.11 Å². The molecule has 6 heteroatoms. The van der Waals surface area contributed by atoms with Gasteiger partial charge in [-0.3, -0.25) is 0 Å². The molecule has 0 bridgehead atoms. The Morgan fingerprint density at radius 3 is 2.64 bits per heavy atom. The summed E-state index contributed by atoms with van der Waals surface area (Å²) < 4.78 is 13.8. The van der Waals surface area contributed by atoms with Crippen LogP contribution in [0.5, 0.6) is 0 Å². The number of hydrogen-bond donors (Lipinski definition) is 0. The number of aromatic nitrogens is 3. The lowest BCUT2D eigenvalue weighted by molar-refractivity contribution is -0.283. The van der Waals surface area contributed by atoms with Gasteiger partial charge in [-0.25, -0.2) is 9.97 Å². The molecule has 0 spiro atoms. The Balaban J connectivity index is 2.49. The largest absolute Gasteiger partial charge is 0.354 e. The van der Waals surface area contributed by atoms with Gasteiger partial charge in [-0.2, -0.15) is 0 Å². The van der Waals surface area contributed by atoms with Crippen molar-refractivity contribution in [1.29, 1.82) is 0 Å². The van der Waals surface area contributed by atoms with E-state index in [1.807, 2.05) is 30.7 Å². The second-order valence-electron chi connectivity index (χ2n) is 6.07. The Kier molecular flexibility index (Phi) is 5.10. The minimum Gasteiger partial charge on any atom is -0.354 e. The number of unbranched alkanes of at least 4 members (excludes halogenated alkanes) is 1. The van der Waals surface area contributed by atoms with Crippen molar-refractivity contribution >= 4 is 22.6 Å². The summed E-state index contributed by atoms with van der Waals surface area (Å²) in [5, 5.41) is 1.28. The molecule has 0 aliphatic heterocycles. The summed E-state index contributed by atoms with van der Waals surface area (Å²) in [5.74, 6) is -0.699. The molecule has 2 rings (SSSR count). The number of fused-ring (bicyclic) bond motifs is 1. The van der Waals surface area contributed by atoms with Crippen LogP contribution in [0.4, 0.5) is 0 Å². The van der Waals surface area contributed by atoms with Crippen molar-refractivity contribution in [3.8, 4) is 0 Å². The molecule has 1 atom stereocenters. The lowest BCUT2D eigenvalue weighted by Crippen LogP contribution is -2.42. The molecule has 0 saturated heterocycles. The summed E-state index contributed by atoms with van der Waals surface area (Å²) in [6, 6.07) is 1.92. The van der Waals surface area contributed by atoms with Crippen LogP contribution in [0.3, 0.4) is 0 Å². The van der Waals surface area contributed by atoms with Gasteiger partial charge in [0.15, 0.2) is 5.79 Å². The van der Waals surface area contributed by atoms with Gasteiger partial charge >= 0.3 is 0 Å². The van der Waals surface area contributed by atoms with Gasteiger partial charge in [-0.05, 0) is 39.7 Å². The fourth-order valence-electron chi connectivity index (χ4n) is 2.60. The maximum atomic E-state index is 6.31. The van der Waals surface area contributed by atoms with E-state index < -0.39 is 11.5 Å². The van der Waals surface area contributed by atoms with Gasteiger partial charge in [0, 0.05) is 13.3 Å². The van der Waals surface area contributed by atoms with Crippen LogP contribution >= 0.6 is 11.6 Å². The van der Waals surface area contributed by atoms with Gasteiger partial charge in [-0.15, -0.1) is 0 Å². The molecule has 0 aliphatic carbocycles. The van der Waals surface area contributed by atoms with Gasteiger partial charge in [0.25, 0.3) is 0 Å². The fraction of sp³-hybridized carbons (Fsp3) is 0.625. The van der Waals surface area contributed by atoms with E-state index in [1.54, 1.807) is 7.11 Å². The van der Waals surface area contributed by atoms with E-state index in [0.29, 0.717) is 5.15 Å². The molecule has 0 saturated carbocycles. The zero-order chi connectivity index (χ0) is 16.4. The highest BCUT2D eigenvalue weighted by molar-refractivity contribution is 6.33. The first-order valence-electron chi connectivity index (χ1n) is 7.56. The Bertz CT molecular complexity index is 641. The molecule has 0 aromatic carbocycles. The lowest BCUT2D eigenvalue weighted by Gasteiger charge is -2.39. The first-order chi connectivity index (χ1) is 10.3. The third-order valence-corrected chi connectivity index (χ3v) is 4.19. The number of rotatable bonds is 7. The molecule has 5 nitrogen and oxygen atoms in total. The molecule has 0 fully saturated rings. The molecule has 0 aliphatic rings. The molecule has 1 unspecified atom stereocenters. The molecular weight excluding hydrogens is 302 g/mol. The summed E-state index contributed by atoms with van der Waals surface area (Å²) in [6.07, 6.45) is 6.40. The smallest absolute Gasteiger partial charge is 0.165 e. The molecule has 0 N–H and O–H groups in total. The highest BCUT2D eigenvalue weighted by atomic mass is 35.5. The van der Waals surface area contributed by atoms with Crippen molar-refractivity contribution in [3.05, 3.63) is 23.7 Å². The van der Waals surface area contributed by atoms with Gasteiger partial charge in [0.1, 0.15) is 22.9 Å². The van der Waals surface area contributed by atoms with Crippen molar-refractivity contribution < 1.29 is 9.47 Å². The SMILES string of the molecule is CCCCC(C)(OC(C)(C)OC)n1ccc2c(Cl)ncnc21. The van der Waals surface area contributed by atoms with E-state index in [0.717, 1.165) is 30.3 Å². The van der Waals surface area contributed by atoms with Crippen molar-refractivity contribution in [2.45, 2.75) is 58.5 Å². The van der Waals surface area contributed by atoms with E-state index in [1.165, 1.54) is 6.33 Å². The predicted octanol–water partition coefficient (Wildman–Crippen LogP) is 4.35. The standard InChI is InChI=1S/C16H24ClN3O2/c1-6-7-9-16(4,22-15(2,3)21-5)20-10-8-12-13(17)18-11-19-14(12)20/h8,10-11H,6-7,9H2,1-5H3. The summed E-state index contributed by atoms with van der Waals surface area (Å²) in [4.78, 5) is 8.41. The zero-order valence-corrected chi connectivity index (χ0v) is 14.6. The molecule has 22 heavy (non-hydrogen) atoms. The van der Waals surface area contributed by atoms with E-state index in [9.17, 15) is 0 Å². The van der Waals surface area contributed by atoms with E-state index in [2.05, 4.69) is 23.8 Å². The summed E-state index contributed by atoms with van der Waals surface area (Å²) in [5.41, 5.74) is 0.195. The quantitative estimate of drug-likeness (QED) is 0.561. The monoisotopic (exact) mass is 325 g/mol. The van der Waals surface area contributed by atoms with Crippen molar-refractivity contribution in [2.24, 2.45) is 0 Å². The molecule has 0 radical (unpaired) electrons. The van der Waals surface area contributed by atoms with Crippen LogP contribution < -0.4 is 0 Å². The minimum absolute atomic E-state index is 0.451. The maximum Gasteiger partial charge on any atom is 0.165 e. The highest BCUT2D eigenvalue weighted by Gasteiger charge is 2.35. The van der Waals surface area contributed by atoms with Crippen LogP contribution in [0.15, 0.2) is 18.6 Å². The van der Waals surface area contributed by atoms with Crippen molar-refractivity contribution in [1.82, 2.24) is 14.5 Å². The lowest BCUT2D eigenvalue weighted by atomic mass is 10.1. The topological polar surface area (TPSA) is 49.2 Å². The summed E-state index contributed by atoms with van der Waals surface area (Å²) >= 11 is 6.16. The Morgan fingerprint density at radius 2 is 2.00 bits per heavy atom. The zero-order valence-electron chi connectivity index (χ0n) is 13.9. The molecular formula is C16H24ClN3O2. The Morgan fingerprint density at radius 1 is 1.27 bits per heavy atom. The van der Waals surface area contributed by atoms with Gasteiger partial charge in [-0.1, -0.05) is 24.9 Å². The van der Waals surface area contributed by atoms with Crippen LogP contribution in [-0.4, -0.2) is 27.4 Å². The predicted molar refractivity (Wildman–Crippen MR) is 87.9 cm³/mol. The van der Waals surface area contributed by atoms with Crippen LogP contribution in [0.2, 0.25) is 5.15 Å². The molecule has 122 valence electrons. The maximum absolute atomic E-state index is 6.31. The number of ether oxygens (including phenoxy) is 2. The minimum atomic E-state index is -0.699. The highest BCUT2D eigenvalue weighted by Crippen LogP contribution is 2.34. The van der Waals surface area contributed by atoms with Gasteiger partial charge in [0.05, 0.1) is 5.39 Å². The second kappa shape index (κ2) is 6.52. The normalized spacial score (nSPS) is 15.2. The second-order valence-corrected chi connectivity index (χ2v) is 6.43. The molecule has 2 heterocycles. The number of halogens is 1. The molecule has 2 aromatic heterocycles. The molecule has 2 aromatic rings. The fourth-order valence-corrected chi connectivity index (χ4v) is 2.79.